The second kappa shape index (κ2) is 5.03. The fourth-order valence-corrected chi connectivity index (χ4v) is 2.03. The predicted octanol–water partition coefficient (Wildman–Crippen LogP) is -0.823. The van der Waals surface area contributed by atoms with E-state index in [1.165, 1.54) is 7.11 Å². The van der Waals surface area contributed by atoms with Gasteiger partial charge < -0.3 is 20.7 Å². The van der Waals surface area contributed by atoms with Gasteiger partial charge in [0.05, 0.1) is 7.11 Å². The van der Waals surface area contributed by atoms with Crippen LogP contribution >= 0.6 is 0 Å². The van der Waals surface area contributed by atoms with Crippen LogP contribution in [0.3, 0.4) is 0 Å². The first-order chi connectivity index (χ1) is 8.65. The molecule has 0 saturated carbocycles. The fraction of sp³-hybridized carbons (Fsp3) is 0.600. The number of rotatable bonds is 3. The summed E-state index contributed by atoms with van der Waals surface area (Å²) < 4.78 is 4.95. The number of anilines is 2. The van der Waals surface area contributed by atoms with Gasteiger partial charge in [0, 0.05) is 13.6 Å². The van der Waals surface area contributed by atoms with E-state index in [1.54, 1.807) is 7.05 Å². The largest absolute Gasteiger partial charge is 0.467 e. The summed E-state index contributed by atoms with van der Waals surface area (Å²) in [5, 5.41) is 2.64. The third kappa shape index (κ3) is 2.27. The minimum Gasteiger partial charge on any atom is -0.467 e. The van der Waals surface area contributed by atoms with Crippen LogP contribution in [0.1, 0.15) is 12.8 Å². The van der Waals surface area contributed by atoms with E-state index < -0.39 is 0 Å². The number of methoxy groups -OCH3 is 1. The molecule has 1 saturated heterocycles. The molecule has 1 aromatic rings. The van der Waals surface area contributed by atoms with Gasteiger partial charge in [-0.05, 0) is 12.8 Å². The van der Waals surface area contributed by atoms with Crippen LogP contribution in [0.4, 0.5) is 11.9 Å². The number of ether oxygens (including phenoxy) is 1. The molecule has 1 fully saturated rings. The summed E-state index contributed by atoms with van der Waals surface area (Å²) in [6.45, 7) is 0.713. The highest BCUT2D eigenvalue weighted by Crippen LogP contribution is 2.23. The molecule has 0 aliphatic carbocycles. The summed E-state index contributed by atoms with van der Waals surface area (Å²) in [7, 11) is 3.07. The second-order valence-corrected chi connectivity index (χ2v) is 3.95. The van der Waals surface area contributed by atoms with Crippen LogP contribution in [0, 0.1) is 0 Å². The first-order valence-corrected chi connectivity index (χ1v) is 5.69. The number of carbonyl (C=O) groups excluding carboxylic acids is 1. The summed E-state index contributed by atoms with van der Waals surface area (Å²) in [4.78, 5) is 25.6. The number of nitrogen functional groups attached to an aromatic ring is 1. The van der Waals surface area contributed by atoms with Crippen molar-refractivity contribution >= 4 is 17.8 Å². The lowest BCUT2D eigenvalue weighted by Gasteiger charge is -2.23. The van der Waals surface area contributed by atoms with Crippen molar-refractivity contribution in [2.24, 2.45) is 0 Å². The molecule has 0 radical (unpaired) electrons. The zero-order valence-electron chi connectivity index (χ0n) is 10.4. The molecule has 8 heteroatoms. The summed E-state index contributed by atoms with van der Waals surface area (Å²) in [6.07, 6.45) is 1.68. The molecule has 1 atom stereocenters. The van der Waals surface area contributed by atoms with Crippen molar-refractivity contribution in [2.75, 3.05) is 31.3 Å². The number of hydrogen-bond donors (Lipinski definition) is 2. The quantitative estimate of drug-likeness (QED) is 0.723. The lowest BCUT2D eigenvalue weighted by molar-refractivity contribution is -0.121. The molecule has 1 aliphatic rings. The van der Waals surface area contributed by atoms with Crippen molar-refractivity contribution < 1.29 is 9.53 Å². The summed E-state index contributed by atoms with van der Waals surface area (Å²) in [5.74, 6) is 0.412. The molecule has 0 spiro atoms. The summed E-state index contributed by atoms with van der Waals surface area (Å²) in [5.41, 5.74) is 5.59. The number of nitrogens with zero attached hydrogens (tertiary/aromatic N) is 4. The molecule has 0 aromatic carbocycles. The Morgan fingerprint density at radius 1 is 1.50 bits per heavy atom. The highest BCUT2D eigenvalue weighted by Gasteiger charge is 2.32. The highest BCUT2D eigenvalue weighted by atomic mass is 16.5. The number of amides is 1. The van der Waals surface area contributed by atoms with Gasteiger partial charge in [0.2, 0.25) is 17.8 Å². The third-order valence-electron chi connectivity index (χ3n) is 2.86. The first kappa shape index (κ1) is 12.3. The Balaban J connectivity index is 2.29. The maximum atomic E-state index is 11.8. The van der Waals surface area contributed by atoms with Gasteiger partial charge in [0.25, 0.3) is 0 Å². The molecule has 98 valence electrons. The first-order valence-electron chi connectivity index (χ1n) is 5.69. The molecule has 8 nitrogen and oxygen atoms in total. The highest BCUT2D eigenvalue weighted by molar-refractivity contribution is 5.85. The lowest BCUT2D eigenvalue weighted by Crippen LogP contribution is -2.42. The van der Waals surface area contributed by atoms with Crippen molar-refractivity contribution in [3.05, 3.63) is 0 Å². The average Bonchev–Trinajstić information content (AvgIpc) is 2.86. The Morgan fingerprint density at radius 2 is 2.28 bits per heavy atom. The molecule has 0 bridgehead atoms. The van der Waals surface area contributed by atoms with Gasteiger partial charge in [-0.2, -0.15) is 15.0 Å². The second-order valence-electron chi connectivity index (χ2n) is 3.95. The average molecular weight is 252 g/mol. The van der Waals surface area contributed by atoms with Gasteiger partial charge in [-0.3, -0.25) is 4.79 Å². The molecule has 2 heterocycles. The minimum absolute atomic E-state index is 0.0505. The van der Waals surface area contributed by atoms with Crippen LogP contribution in [0.5, 0.6) is 6.01 Å². The van der Waals surface area contributed by atoms with E-state index in [9.17, 15) is 4.79 Å². The molecule has 1 unspecified atom stereocenters. The van der Waals surface area contributed by atoms with Gasteiger partial charge in [-0.15, -0.1) is 0 Å². The van der Waals surface area contributed by atoms with E-state index in [1.807, 2.05) is 4.90 Å². The van der Waals surface area contributed by atoms with Gasteiger partial charge in [0.15, 0.2) is 0 Å². The number of nitrogens with one attached hydrogen (secondary N) is 1. The Labute approximate surface area is 105 Å². The number of hydrogen-bond acceptors (Lipinski definition) is 7. The van der Waals surface area contributed by atoms with Crippen LogP contribution in [0.25, 0.3) is 0 Å². The zero-order chi connectivity index (χ0) is 13.1. The van der Waals surface area contributed by atoms with Crippen molar-refractivity contribution in [2.45, 2.75) is 18.9 Å². The zero-order valence-corrected chi connectivity index (χ0v) is 10.4. The molecule has 18 heavy (non-hydrogen) atoms. The smallest absolute Gasteiger partial charge is 0.322 e. The predicted molar refractivity (Wildman–Crippen MR) is 65.2 cm³/mol. The van der Waals surface area contributed by atoms with Crippen molar-refractivity contribution in [1.29, 1.82) is 0 Å². The van der Waals surface area contributed by atoms with E-state index in [-0.39, 0.29) is 23.9 Å². The Morgan fingerprint density at radius 3 is 2.94 bits per heavy atom. The third-order valence-corrected chi connectivity index (χ3v) is 2.86. The topological polar surface area (TPSA) is 106 Å². The summed E-state index contributed by atoms with van der Waals surface area (Å²) >= 11 is 0. The molecular weight excluding hydrogens is 236 g/mol. The van der Waals surface area contributed by atoms with Crippen LogP contribution < -0.4 is 20.7 Å². The molecule has 3 N–H and O–H groups in total. The number of aromatic nitrogens is 3. The Hall–Kier alpha value is -2.12. The van der Waals surface area contributed by atoms with Gasteiger partial charge in [0.1, 0.15) is 6.04 Å². The van der Waals surface area contributed by atoms with Gasteiger partial charge >= 0.3 is 6.01 Å². The van der Waals surface area contributed by atoms with E-state index in [4.69, 9.17) is 10.5 Å². The van der Waals surface area contributed by atoms with Gasteiger partial charge in [-0.25, -0.2) is 0 Å². The van der Waals surface area contributed by atoms with Crippen LogP contribution in [0.2, 0.25) is 0 Å². The molecular formula is C10H16N6O2. The number of likely N-dealkylation sites (N-methyl/N-ethyl adjacent to an activating group) is 1. The maximum absolute atomic E-state index is 11.8. The standard InChI is InChI=1S/C10H16N6O2/c1-12-7(17)6-4-3-5-16(6)9-13-8(11)14-10(15-9)18-2/h6H,3-5H2,1-2H3,(H,12,17)(H2,11,13,14,15). The van der Waals surface area contributed by atoms with Crippen molar-refractivity contribution in [3.63, 3.8) is 0 Å². The lowest BCUT2D eigenvalue weighted by atomic mass is 10.2. The number of nitrogens with two attached hydrogens (primary N) is 1. The SMILES string of the molecule is CNC(=O)C1CCCN1c1nc(N)nc(OC)n1. The van der Waals surface area contributed by atoms with E-state index in [0.717, 1.165) is 12.8 Å². The Kier molecular flexibility index (Phi) is 3.45. The molecule has 1 aliphatic heterocycles. The van der Waals surface area contributed by atoms with Crippen LogP contribution in [-0.4, -0.2) is 47.6 Å². The Bertz CT molecular complexity index is 452. The fourth-order valence-electron chi connectivity index (χ4n) is 2.03. The number of carbonyl (C=O) groups is 1. The molecule has 1 amide bonds. The maximum Gasteiger partial charge on any atom is 0.322 e. The molecule has 2 rings (SSSR count). The monoisotopic (exact) mass is 252 g/mol. The molecule has 1 aromatic heterocycles. The van der Waals surface area contributed by atoms with E-state index in [2.05, 4.69) is 20.3 Å². The van der Waals surface area contributed by atoms with Crippen LogP contribution in [-0.2, 0) is 4.79 Å². The van der Waals surface area contributed by atoms with E-state index >= 15 is 0 Å². The van der Waals surface area contributed by atoms with Crippen molar-refractivity contribution in [3.8, 4) is 6.01 Å². The van der Waals surface area contributed by atoms with Crippen LogP contribution in [0.15, 0.2) is 0 Å². The minimum atomic E-state index is -0.262. The van der Waals surface area contributed by atoms with Crippen molar-refractivity contribution in [1.82, 2.24) is 20.3 Å². The van der Waals surface area contributed by atoms with E-state index in [0.29, 0.717) is 12.5 Å². The summed E-state index contributed by atoms with van der Waals surface area (Å²) in [6, 6.07) is -0.110. The van der Waals surface area contributed by atoms with Gasteiger partial charge in [-0.1, -0.05) is 0 Å². The normalized spacial score (nSPS) is 18.8.